The summed E-state index contributed by atoms with van der Waals surface area (Å²) in [5.74, 6) is 17.6. The summed E-state index contributed by atoms with van der Waals surface area (Å²) < 4.78 is 22.1. The number of aliphatic hydroxyl groups excluding tert-OH is 1. The zero-order valence-electron chi connectivity index (χ0n) is 19.0. The molecule has 5 heteroatoms. The van der Waals surface area contributed by atoms with Gasteiger partial charge in [0.15, 0.2) is 12.6 Å². The summed E-state index contributed by atoms with van der Waals surface area (Å²) in [5, 5.41) is 8.42. The van der Waals surface area contributed by atoms with E-state index in [0.29, 0.717) is 19.4 Å². The molecule has 0 bridgehead atoms. The van der Waals surface area contributed by atoms with E-state index in [9.17, 15) is 0 Å². The van der Waals surface area contributed by atoms with Gasteiger partial charge < -0.3 is 24.1 Å². The van der Waals surface area contributed by atoms with Gasteiger partial charge in [-0.05, 0) is 57.6 Å². The zero-order chi connectivity index (χ0) is 22.7. The molecule has 0 spiro atoms. The fraction of sp³-hybridized carbons (Fsp3) is 0.556. The van der Waals surface area contributed by atoms with E-state index in [2.05, 4.69) is 35.5 Å². The molecule has 2 aliphatic rings. The Balaban J connectivity index is 0.000000242. The van der Waals surface area contributed by atoms with Crippen molar-refractivity contribution in [1.82, 2.24) is 0 Å². The van der Waals surface area contributed by atoms with E-state index >= 15 is 0 Å². The molecule has 0 radical (unpaired) electrons. The Morgan fingerprint density at radius 1 is 0.812 bits per heavy atom. The van der Waals surface area contributed by atoms with Gasteiger partial charge >= 0.3 is 0 Å². The normalized spacial score (nSPS) is 19.4. The van der Waals surface area contributed by atoms with Crippen molar-refractivity contribution >= 4 is 0 Å². The average Bonchev–Trinajstić information content (AvgIpc) is 2.83. The Hall–Kier alpha value is -2.46. The first-order valence-corrected chi connectivity index (χ1v) is 11.3. The summed E-state index contributed by atoms with van der Waals surface area (Å²) in [6.07, 6.45) is 7.82. The minimum Gasteiger partial charge on any atom is -0.481 e. The number of rotatable bonds is 4. The van der Waals surface area contributed by atoms with E-state index in [1.807, 2.05) is 31.2 Å². The molecule has 1 aromatic carbocycles. The lowest BCUT2D eigenvalue weighted by molar-refractivity contribution is -0.264. The van der Waals surface area contributed by atoms with Crippen LogP contribution in [-0.2, 0) is 14.2 Å². The van der Waals surface area contributed by atoms with Crippen molar-refractivity contribution in [1.29, 1.82) is 0 Å². The minimum absolute atomic E-state index is 0.00292. The van der Waals surface area contributed by atoms with Gasteiger partial charge in [0, 0.05) is 13.2 Å². The number of aliphatic hydroxyl groups is 1. The molecule has 2 aliphatic heterocycles. The van der Waals surface area contributed by atoms with E-state index in [1.165, 1.54) is 31.2 Å². The number of aryl methyl sites for hydroxylation is 1. The molecule has 5 nitrogen and oxygen atoms in total. The second kappa shape index (κ2) is 17.1. The summed E-state index contributed by atoms with van der Waals surface area (Å²) >= 11 is 0. The van der Waals surface area contributed by atoms with Gasteiger partial charge in [0.05, 0.1) is 12.8 Å². The molecular formula is C27H34O5. The highest BCUT2D eigenvalue weighted by Gasteiger charge is 2.21. The molecule has 2 heterocycles. The van der Waals surface area contributed by atoms with E-state index in [4.69, 9.17) is 24.1 Å². The van der Waals surface area contributed by atoms with Crippen LogP contribution in [0.15, 0.2) is 24.3 Å². The molecule has 2 fully saturated rings. The molecule has 1 N–H and O–H groups in total. The third-order valence-corrected chi connectivity index (χ3v) is 4.72. The Labute approximate surface area is 192 Å². The molecule has 0 aliphatic carbocycles. The highest BCUT2D eigenvalue weighted by Crippen LogP contribution is 2.20. The maximum absolute atomic E-state index is 8.42. The predicted molar refractivity (Wildman–Crippen MR) is 125 cm³/mol. The van der Waals surface area contributed by atoms with Crippen LogP contribution in [-0.4, -0.2) is 44.1 Å². The maximum Gasteiger partial charge on any atom is 0.160 e. The molecule has 2 saturated heterocycles. The van der Waals surface area contributed by atoms with Gasteiger partial charge in [-0.3, -0.25) is 0 Å². The molecular weight excluding hydrogens is 404 g/mol. The van der Waals surface area contributed by atoms with Crippen LogP contribution in [0.4, 0.5) is 0 Å². The van der Waals surface area contributed by atoms with Gasteiger partial charge in [-0.25, -0.2) is 0 Å². The lowest BCUT2D eigenvalue weighted by Crippen LogP contribution is -2.31. The highest BCUT2D eigenvalue weighted by molar-refractivity contribution is 5.26. The monoisotopic (exact) mass is 438 g/mol. The van der Waals surface area contributed by atoms with Crippen molar-refractivity contribution in [2.45, 2.75) is 70.9 Å². The fourth-order valence-corrected chi connectivity index (χ4v) is 3.01. The first-order valence-electron chi connectivity index (χ1n) is 11.3. The Morgan fingerprint density at radius 3 is 1.91 bits per heavy atom. The third-order valence-electron chi connectivity index (χ3n) is 4.72. The predicted octanol–water partition coefficient (Wildman–Crippen LogP) is 4.21. The van der Waals surface area contributed by atoms with Crippen LogP contribution in [0.3, 0.4) is 0 Å². The molecule has 172 valence electrons. The highest BCUT2D eigenvalue weighted by atomic mass is 16.8. The van der Waals surface area contributed by atoms with Crippen LogP contribution in [0, 0.1) is 42.4 Å². The zero-order valence-corrected chi connectivity index (χ0v) is 19.0. The minimum atomic E-state index is -0.113. The molecule has 0 saturated carbocycles. The van der Waals surface area contributed by atoms with E-state index < -0.39 is 0 Å². The number of benzene rings is 1. The van der Waals surface area contributed by atoms with Gasteiger partial charge in [0.1, 0.15) is 19.0 Å². The largest absolute Gasteiger partial charge is 0.481 e. The van der Waals surface area contributed by atoms with Crippen LogP contribution in [0.2, 0.25) is 0 Å². The Bertz CT molecular complexity index is 785. The van der Waals surface area contributed by atoms with E-state index in [-0.39, 0.29) is 19.2 Å². The first-order chi connectivity index (χ1) is 15.8. The van der Waals surface area contributed by atoms with Crippen LogP contribution < -0.4 is 4.74 Å². The molecule has 0 aromatic heterocycles. The van der Waals surface area contributed by atoms with Gasteiger partial charge in [0.2, 0.25) is 0 Å². The van der Waals surface area contributed by atoms with Crippen LogP contribution >= 0.6 is 0 Å². The summed E-state index contributed by atoms with van der Waals surface area (Å²) in [4.78, 5) is 0. The maximum atomic E-state index is 8.42. The van der Waals surface area contributed by atoms with Crippen LogP contribution in [0.25, 0.3) is 0 Å². The molecule has 32 heavy (non-hydrogen) atoms. The van der Waals surface area contributed by atoms with Crippen molar-refractivity contribution in [3.8, 4) is 41.3 Å². The topological polar surface area (TPSA) is 57.2 Å². The molecule has 1 aromatic rings. The lowest BCUT2D eigenvalue weighted by atomic mass is 10.2. The number of ether oxygens (including phenoxy) is 4. The Morgan fingerprint density at radius 2 is 1.38 bits per heavy atom. The lowest BCUT2D eigenvalue weighted by Gasteiger charge is -2.29. The van der Waals surface area contributed by atoms with Crippen molar-refractivity contribution in [2.24, 2.45) is 0 Å². The van der Waals surface area contributed by atoms with Crippen LogP contribution in [0.1, 0.15) is 56.9 Å². The molecule has 0 amide bonds. The molecule has 2 atom stereocenters. The summed E-state index contributed by atoms with van der Waals surface area (Å²) in [6, 6.07) is 7.86. The van der Waals surface area contributed by atoms with Crippen molar-refractivity contribution in [3.05, 3.63) is 29.8 Å². The molecule has 2 unspecified atom stereocenters. The SMILES string of the molecule is C1CCC(OC2CCCCO2)OC1.Cc1ccc(OCC#CCC#CCC#CCO)cc1. The molecule has 3 rings (SSSR count). The van der Waals surface area contributed by atoms with Crippen molar-refractivity contribution in [3.63, 3.8) is 0 Å². The van der Waals surface area contributed by atoms with Gasteiger partial charge in [-0.15, -0.1) is 0 Å². The first kappa shape index (κ1) is 25.8. The van der Waals surface area contributed by atoms with Crippen LogP contribution in [0.5, 0.6) is 5.75 Å². The fourth-order valence-electron chi connectivity index (χ4n) is 3.01. The van der Waals surface area contributed by atoms with Crippen molar-refractivity contribution in [2.75, 3.05) is 26.4 Å². The van der Waals surface area contributed by atoms with Gasteiger partial charge in [-0.2, -0.15) is 0 Å². The summed E-state index contributed by atoms with van der Waals surface area (Å²) in [5.41, 5.74) is 1.21. The summed E-state index contributed by atoms with van der Waals surface area (Å²) in [6.45, 7) is 3.98. The van der Waals surface area contributed by atoms with Gasteiger partial charge in [-0.1, -0.05) is 53.2 Å². The van der Waals surface area contributed by atoms with Crippen molar-refractivity contribution < 1.29 is 24.1 Å². The second-order valence-electron chi connectivity index (χ2n) is 7.40. The number of hydrogen-bond donors (Lipinski definition) is 1. The second-order valence-corrected chi connectivity index (χ2v) is 7.40. The van der Waals surface area contributed by atoms with Gasteiger partial charge in [0.25, 0.3) is 0 Å². The quantitative estimate of drug-likeness (QED) is 0.714. The Kier molecular flexibility index (Phi) is 13.8. The summed E-state index contributed by atoms with van der Waals surface area (Å²) in [7, 11) is 0. The van der Waals surface area contributed by atoms with E-state index in [1.54, 1.807) is 0 Å². The third kappa shape index (κ3) is 12.4. The average molecular weight is 439 g/mol. The smallest absolute Gasteiger partial charge is 0.160 e. The van der Waals surface area contributed by atoms with E-state index in [0.717, 1.165) is 31.8 Å². The standard InChI is InChI=1S/C17H16O2.C10H18O3/c1-16-10-12-17(13-11-16)19-15-9-7-5-3-2-4-6-8-14-18;1-3-7-11-9(5-1)13-10-6-2-4-8-12-10/h10-13,18H,4-5,14-15H2,1H3;9-10H,1-8H2. The number of hydrogen-bond acceptors (Lipinski definition) is 5.